The van der Waals surface area contributed by atoms with E-state index in [9.17, 15) is 9.59 Å². The van der Waals surface area contributed by atoms with Gasteiger partial charge in [-0.25, -0.2) is 4.79 Å². The minimum Gasteiger partial charge on any atom is -0.481 e. The summed E-state index contributed by atoms with van der Waals surface area (Å²) in [6.45, 7) is 2.71. The van der Waals surface area contributed by atoms with E-state index in [1.165, 1.54) is 4.90 Å². The van der Waals surface area contributed by atoms with E-state index in [0.717, 1.165) is 31.6 Å². The highest BCUT2D eigenvalue weighted by Gasteiger charge is 2.38. The van der Waals surface area contributed by atoms with Crippen LogP contribution in [0.2, 0.25) is 0 Å². The van der Waals surface area contributed by atoms with E-state index >= 15 is 0 Å². The van der Waals surface area contributed by atoms with Gasteiger partial charge in [-0.3, -0.25) is 4.79 Å². The zero-order valence-corrected chi connectivity index (χ0v) is 12.2. The summed E-state index contributed by atoms with van der Waals surface area (Å²) in [5, 5.41) is 12.1. The molecule has 1 aliphatic heterocycles. The molecule has 1 saturated carbocycles. The number of amides is 2. The van der Waals surface area contributed by atoms with Crippen molar-refractivity contribution in [3.05, 3.63) is 0 Å². The van der Waals surface area contributed by atoms with Crippen LogP contribution in [0, 0.1) is 11.8 Å². The van der Waals surface area contributed by atoms with Gasteiger partial charge < -0.3 is 20.1 Å². The maximum absolute atomic E-state index is 12.2. The lowest BCUT2D eigenvalue weighted by Gasteiger charge is -2.31. The molecule has 2 atom stereocenters. The maximum Gasteiger partial charge on any atom is 0.317 e. The SMILES string of the molecule is CC1CCC(NC(=O)N(C)C2COCC2C(=O)O)CC1. The van der Waals surface area contributed by atoms with E-state index in [4.69, 9.17) is 9.84 Å². The van der Waals surface area contributed by atoms with Crippen LogP contribution in [0.5, 0.6) is 0 Å². The normalized spacial score (nSPS) is 33.7. The Labute approximate surface area is 119 Å². The van der Waals surface area contributed by atoms with Crippen LogP contribution in [-0.4, -0.2) is 54.4 Å². The van der Waals surface area contributed by atoms with Crippen LogP contribution in [0.25, 0.3) is 0 Å². The molecule has 0 aromatic rings. The van der Waals surface area contributed by atoms with Crippen LogP contribution in [0.3, 0.4) is 0 Å². The molecule has 0 radical (unpaired) electrons. The second-order valence-electron chi connectivity index (χ2n) is 6.07. The fourth-order valence-corrected chi connectivity index (χ4v) is 2.99. The third kappa shape index (κ3) is 3.42. The molecular weight excluding hydrogens is 260 g/mol. The number of likely N-dealkylation sites (N-methyl/N-ethyl adjacent to an activating group) is 1. The number of carbonyl (C=O) groups is 2. The number of rotatable bonds is 3. The summed E-state index contributed by atoms with van der Waals surface area (Å²) in [5.74, 6) is -0.795. The molecule has 114 valence electrons. The van der Waals surface area contributed by atoms with Crippen molar-refractivity contribution < 1.29 is 19.4 Å². The summed E-state index contributed by atoms with van der Waals surface area (Å²) in [7, 11) is 1.65. The second kappa shape index (κ2) is 6.43. The fourth-order valence-electron chi connectivity index (χ4n) is 2.99. The highest BCUT2D eigenvalue weighted by Crippen LogP contribution is 2.24. The molecule has 6 heteroatoms. The van der Waals surface area contributed by atoms with Gasteiger partial charge in [-0.2, -0.15) is 0 Å². The largest absolute Gasteiger partial charge is 0.481 e. The number of nitrogens with one attached hydrogen (secondary N) is 1. The van der Waals surface area contributed by atoms with Crippen LogP contribution in [-0.2, 0) is 9.53 Å². The summed E-state index contributed by atoms with van der Waals surface area (Å²) in [5.41, 5.74) is 0. The monoisotopic (exact) mass is 284 g/mol. The Kier molecular flexibility index (Phi) is 4.86. The topological polar surface area (TPSA) is 78.9 Å². The standard InChI is InChI=1S/C14H24N2O4/c1-9-3-5-10(6-4-9)15-14(19)16(2)12-8-20-7-11(12)13(17)18/h9-12H,3-8H2,1-2H3,(H,15,19)(H,17,18). The Morgan fingerprint density at radius 1 is 1.20 bits per heavy atom. The van der Waals surface area contributed by atoms with Crippen LogP contribution < -0.4 is 5.32 Å². The number of hydrogen-bond acceptors (Lipinski definition) is 3. The second-order valence-corrected chi connectivity index (χ2v) is 6.07. The van der Waals surface area contributed by atoms with Gasteiger partial charge in [0.15, 0.2) is 0 Å². The van der Waals surface area contributed by atoms with Crippen molar-refractivity contribution in [1.82, 2.24) is 10.2 Å². The zero-order valence-electron chi connectivity index (χ0n) is 12.2. The molecular formula is C14H24N2O4. The number of urea groups is 1. The highest BCUT2D eigenvalue weighted by atomic mass is 16.5. The number of carboxylic acid groups (broad SMARTS) is 1. The summed E-state index contributed by atoms with van der Waals surface area (Å²) in [6, 6.07) is -0.354. The third-order valence-corrected chi connectivity index (χ3v) is 4.53. The first kappa shape index (κ1) is 15.1. The van der Waals surface area contributed by atoms with Crippen molar-refractivity contribution in [2.75, 3.05) is 20.3 Å². The van der Waals surface area contributed by atoms with Gasteiger partial charge in [0, 0.05) is 13.1 Å². The van der Waals surface area contributed by atoms with E-state index in [-0.39, 0.29) is 24.7 Å². The molecule has 0 spiro atoms. The van der Waals surface area contributed by atoms with Crippen molar-refractivity contribution in [2.24, 2.45) is 11.8 Å². The first-order chi connectivity index (χ1) is 9.49. The van der Waals surface area contributed by atoms with Gasteiger partial charge in [-0.1, -0.05) is 6.92 Å². The molecule has 0 bridgehead atoms. The Hall–Kier alpha value is -1.30. The predicted octanol–water partition coefficient (Wildman–Crippen LogP) is 1.31. The van der Waals surface area contributed by atoms with Crippen LogP contribution in [0.1, 0.15) is 32.6 Å². The number of aliphatic carboxylic acids is 1. The average molecular weight is 284 g/mol. The van der Waals surface area contributed by atoms with E-state index in [1.54, 1.807) is 7.05 Å². The van der Waals surface area contributed by atoms with Gasteiger partial charge >= 0.3 is 12.0 Å². The molecule has 1 heterocycles. The first-order valence-electron chi connectivity index (χ1n) is 7.33. The Bertz CT molecular complexity index is 366. The van der Waals surface area contributed by atoms with Gasteiger partial charge in [0.25, 0.3) is 0 Å². The van der Waals surface area contributed by atoms with Crippen LogP contribution >= 0.6 is 0 Å². The fraction of sp³-hybridized carbons (Fsp3) is 0.857. The molecule has 20 heavy (non-hydrogen) atoms. The molecule has 1 aliphatic carbocycles. The van der Waals surface area contributed by atoms with E-state index < -0.39 is 11.9 Å². The maximum atomic E-state index is 12.2. The number of carbonyl (C=O) groups excluding carboxylic acids is 1. The summed E-state index contributed by atoms with van der Waals surface area (Å²) >= 11 is 0. The van der Waals surface area contributed by atoms with Gasteiger partial charge in [-0.15, -0.1) is 0 Å². The minimum absolute atomic E-state index is 0.179. The number of ether oxygens (including phenoxy) is 1. The molecule has 2 N–H and O–H groups in total. The predicted molar refractivity (Wildman–Crippen MR) is 73.4 cm³/mol. The first-order valence-corrected chi connectivity index (χ1v) is 7.33. The molecule has 2 fully saturated rings. The lowest BCUT2D eigenvalue weighted by atomic mass is 9.87. The van der Waals surface area contributed by atoms with Crippen molar-refractivity contribution in [3.63, 3.8) is 0 Å². The average Bonchev–Trinajstić information content (AvgIpc) is 2.90. The van der Waals surface area contributed by atoms with Crippen molar-refractivity contribution in [1.29, 1.82) is 0 Å². The van der Waals surface area contributed by atoms with Crippen molar-refractivity contribution >= 4 is 12.0 Å². The van der Waals surface area contributed by atoms with Gasteiger partial charge in [-0.05, 0) is 31.6 Å². The van der Waals surface area contributed by atoms with Crippen LogP contribution in [0.4, 0.5) is 4.79 Å². The van der Waals surface area contributed by atoms with Crippen molar-refractivity contribution in [2.45, 2.75) is 44.7 Å². The molecule has 6 nitrogen and oxygen atoms in total. The Morgan fingerprint density at radius 3 is 2.45 bits per heavy atom. The van der Waals surface area contributed by atoms with Crippen LogP contribution in [0.15, 0.2) is 0 Å². The van der Waals surface area contributed by atoms with Gasteiger partial charge in [0.2, 0.25) is 0 Å². The molecule has 2 amide bonds. The smallest absolute Gasteiger partial charge is 0.317 e. The molecule has 2 unspecified atom stereocenters. The molecule has 2 rings (SSSR count). The molecule has 1 saturated heterocycles. The van der Waals surface area contributed by atoms with E-state index in [0.29, 0.717) is 6.61 Å². The quantitative estimate of drug-likeness (QED) is 0.819. The number of carboxylic acids is 1. The summed E-state index contributed by atoms with van der Waals surface area (Å²) in [4.78, 5) is 24.8. The summed E-state index contributed by atoms with van der Waals surface area (Å²) < 4.78 is 5.20. The van der Waals surface area contributed by atoms with Gasteiger partial charge in [0.1, 0.15) is 5.92 Å². The number of hydrogen-bond donors (Lipinski definition) is 2. The Morgan fingerprint density at radius 2 is 1.85 bits per heavy atom. The van der Waals surface area contributed by atoms with E-state index in [1.807, 2.05) is 0 Å². The third-order valence-electron chi connectivity index (χ3n) is 4.53. The lowest BCUT2D eigenvalue weighted by molar-refractivity contribution is -0.142. The lowest BCUT2D eigenvalue weighted by Crippen LogP contribution is -2.51. The Balaban J connectivity index is 1.87. The molecule has 2 aliphatic rings. The number of nitrogens with zero attached hydrogens (tertiary/aromatic N) is 1. The summed E-state index contributed by atoms with van der Waals surface area (Å²) in [6.07, 6.45) is 4.28. The zero-order chi connectivity index (χ0) is 14.7. The molecule has 0 aromatic heterocycles. The van der Waals surface area contributed by atoms with E-state index in [2.05, 4.69) is 12.2 Å². The highest BCUT2D eigenvalue weighted by molar-refractivity contribution is 5.77. The van der Waals surface area contributed by atoms with Crippen molar-refractivity contribution in [3.8, 4) is 0 Å². The minimum atomic E-state index is -0.904. The molecule has 0 aromatic carbocycles. The van der Waals surface area contributed by atoms with Gasteiger partial charge in [0.05, 0.1) is 19.3 Å².